The van der Waals surface area contributed by atoms with E-state index in [1.807, 2.05) is 6.07 Å². The maximum atomic E-state index is 12.9. The van der Waals surface area contributed by atoms with Gasteiger partial charge < -0.3 is 10.6 Å². The van der Waals surface area contributed by atoms with E-state index in [-0.39, 0.29) is 6.54 Å². The van der Waals surface area contributed by atoms with E-state index in [0.29, 0.717) is 17.6 Å². The van der Waals surface area contributed by atoms with E-state index >= 15 is 0 Å². The van der Waals surface area contributed by atoms with Gasteiger partial charge in [0.15, 0.2) is 5.96 Å². The number of hydrogen-bond acceptors (Lipinski definition) is 2. The van der Waals surface area contributed by atoms with Crippen molar-refractivity contribution >= 4 is 5.96 Å². The zero-order chi connectivity index (χ0) is 20.7. The second-order valence-corrected chi connectivity index (χ2v) is 7.30. The van der Waals surface area contributed by atoms with Crippen molar-refractivity contribution in [2.75, 3.05) is 20.1 Å². The molecule has 0 aliphatic carbocycles. The van der Waals surface area contributed by atoms with Crippen molar-refractivity contribution in [3.63, 3.8) is 0 Å². The fourth-order valence-corrected chi connectivity index (χ4v) is 3.51. The van der Waals surface area contributed by atoms with E-state index < -0.39 is 11.7 Å². The lowest BCUT2D eigenvalue weighted by Crippen LogP contribution is -2.48. The monoisotopic (exact) mass is 404 g/mol. The number of guanidine groups is 1. The second kappa shape index (κ2) is 9.78. The largest absolute Gasteiger partial charge is 0.416 e. The Morgan fingerprint density at radius 3 is 2.38 bits per heavy atom. The minimum Gasteiger partial charge on any atom is -0.354 e. The van der Waals surface area contributed by atoms with Crippen LogP contribution in [0.4, 0.5) is 13.2 Å². The van der Waals surface area contributed by atoms with Gasteiger partial charge in [-0.2, -0.15) is 13.2 Å². The zero-order valence-corrected chi connectivity index (χ0v) is 16.5. The smallest absolute Gasteiger partial charge is 0.354 e. The summed E-state index contributed by atoms with van der Waals surface area (Å²) in [5.41, 5.74) is 1.25. The van der Waals surface area contributed by atoms with Gasteiger partial charge in [0.25, 0.3) is 0 Å². The molecule has 0 amide bonds. The minimum atomic E-state index is -4.33. The van der Waals surface area contributed by atoms with E-state index in [0.717, 1.165) is 38.5 Å². The van der Waals surface area contributed by atoms with Crippen LogP contribution in [0.15, 0.2) is 59.6 Å². The number of nitrogens with zero attached hydrogens (tertiary/aromatic N) is 2. The summed E-state index contributed by atoms with van der Waals surface area (Å²) in [4.78, 5) is 6.65. The summed E-state index contributed by atoms with van der Waals surface area (Å²) in [7, 11) is 1.67. The number of benzene rings is 2. The van der Waals surface area contributed by atoms with Crippen LogP contribution in [-0.4, -0.2) is 37.0 Å². The van der Waals surface area contributed by atoms with Crippen LogP contribution in [0.1, 0.15) is 29.5 Å². The normalized spacial score (nSPS) is 16.6. The molecule has 0 unspecified atom stereocenters. The van der Waals surface area contributed by atoms with Crippen molar-refractivity contribution in [2.45, 2.75) is 38.1 Å². The Hall–Kier alpha value is -2.54. The summed E-state index contributed by atoms with van der Waals surface area (Å²) >= 11 is 0. The number of aliphatic imine (C=N–C) groups is 1. The number of rotatable bonds is 5. The van der Waals surface area contributed by atoms with Gasteiger partial charge in [0, 0.05) is 39.3 Å². The van der Waals surface area contributed by atoms with Crippen LogP contribution in [-0.2, 0) is 19.3 Å². The summed E-state index contributed by atoms with van der Waals surface area (Å²) in [5, 5.41) is 6.52. The van der Waals surface area contributed by atoms with Crippen molar-refractivity contribution in [2.24, 2.45) is 4.99 Å². The van der Waals surface area contributed by atoms with Crippen molar-refractivity contribution in [3.05, 3.63) is 71.3 Å². The Morgan fingerprint density at radius 2 is 1.72 bits per heavy atom. The average molecular weight is 404 g/mol. The van der Waals surface area contributed by atoms with Crippen molar-refractivity contribution < 1.29 is 13.2 Å². The minimum absolute atomic E-state index is 0.288. The Balaban J connectivity index is 1.45. The summed E-state index contributed by atoms with van der Waals surface area (Å²) < 4.78 is 38.6. The highest BCUT2D eigenvalue weighted by molar-refractivity contribution is 5.79. The van der Waals surface area contributed by atoms with Gasteiger partial charge in [0.2, 0.25) is 0 Å². The maximum absolute atomic E-state index is 12.9. The first-order chi connectivity index (χ1) is 13.9. The van der Waals surface area contributed by atoms with E-state index in [4.69, 9.17) is 0 Å². The zero-order valence-electron chi connectivity index (χ0n) is 16.5. The molecule has 4 nitrogen and oxygen atoms in total. The number of hydrogen-bond donors (Lipinski definition) is 2. The van der Waals surface area contributed by atoms with Gasteiger partial charge in [-0.25, -0.2) is 0 Å². The van der Waals surface area contributed by atoms with Gasteiger partial charge in [-0.3, -0.25) is 9.89 Å². The molecule has 156 valence electrons. The molecule has 29 heavy (non-hydrogen) atoms. The summed E-state index contributed by atoms with van der Waals surface area (Å²) in [6.07, 6.45) is -2.34. The third-order valence-electron chi connectivity index (χ3n) is 5.12. The first kappa shape index (κ1) is 21.2. The van der Waals surface area contributed by atoms with Crippen molar-refractivity contribution in [1.29, 1.82) is 0 Å². The molecule has 0 radical (unpaired) electrons. The van der Waals surface area contributed by atoms with E-state index in [1.165, 1.54) is 17.7 Å². The number of likely N-dealkylation sites (tertiary alicyclic amines) is 1. The van der Waals surface area contributed by atoms with Crippen LogP contribution in [0.25, 0.3) is 0 Å². The molecule has 2 aromatic rings. The predicted molar refractivity (Wildman–Crippen MR) is 110 cm³/mol. The first-order valence-electron chi connectivity index (χ1n) is 9.83. The molecule has 0 spiro atoms. The highest BCUT2D eigenvalue weighted by Crippen LogP contribution is 2.29. The van der Waals surface area contributed by atoms with E-state index in [1.54, 1.807) is 13.1 Å². The number of piperidine rings is 1. The van der Waals surface area contributed by atoms with E-state index in [9.17, 15) is 13.2 Å². The molecule has 2 aromatic carbocycles. The third kappa shape index (κ3) is 6.49. The van der Waals surface area contributed by atoms with Crippen LogP contribution in [0, 0.1) is 0 Å². The van der Waals surface area contributed by atoms with Crippen LogP contribution in [0.5, 0.6) is 0 Å². The van der Waals surface area contributed by atoms with Gasteiger partial charge >= 0.3 is 6.18 Å². The second-order valence-electron chi connectivity index (χ2n) is 7.30. The van der Waals surface area contributed by atoms with Crippen LogP contribution in [0.2, 0.25) is 0 Å². The van der Waals surface area contributed by atoms with Crippen molar-refractivity contribution in [1.82, 2.24) is 15.5 Å². The molecule has 7 heteroatoms. The molecular weight excluding hydrogens is 377 g/mol. The fourth-order valence-electron chi connectivity index (χ4n) is 3.51. The SMILES string of the molecule is CN=C(NCc1cccc(C(F)(F)F)c1)NC1CCN(Cc2ccccc2)CC1. The van der Waals surface area contributed by atoms with E-state index in [2.05, 4.69) is 44.8 Å². The standard InChI is InChI=1S/C22H27F3N4/c1-26-21(27-15-18-8-5-9-19(14-18)22(23,24)25)28-20-10-12-29(13-11-20)16-17-6-3-2-4-7-17/h2-9,14,20H,10-13,15-16H2,1H3,(H2,26,27,28). The quantitative estimate of drug-likeness (QED) is 0.584. The Kier molecular flexibility index (Phi) is 7.14. The van der Waals surface area contributed by atoms with Gasteiger partial charge in [0.1, 0.15) is 0 Å². The topological polar surface area (TPSA) is 39.7 Å². The Labute approximate surface area is 169 Å². The number of nitrogens with one attached hydrogen (secondary N) is 2. The molecule has 2 N–H and O–H groups in total. The molecule has 0 saturated carbocycles. The van der Waals surface area contributed by atoms with Gasteiger partial charge in [-0.15, -0.1) is 0 Å². The molecule has 0 atom stereocenters. The van der Waals surface area contributed by atoms with Crippen LogP contribution < -0.4 is 10.6 Å². The number of halogens is 3. The third-order valence-corrected chi connectivity index (χ3v) is 5.12. The molecule has 1 heterocycles. The molecule has 1 aliphatic rings. The summed E-state index contributed by atoms with van der Waals surface area (Å²) in [6, 6.07) is 16.1. The van der Waals surface area contributed by atoms with Gasteiger partial charge in [0.05, 0.1) is 5.56 Å². The average Bonchev–Trinajstić information content (AvgIpc) is 2.73. The molecular formula is C22H27F3N4. The highest BCUT2D eigenvalue weighted by atomic mass is 19.4. The molecule has 0 aromatic heterocycles. The number of alkyl halides is 3. The van der Waals surface area contributed by atoms with Gasteiger partial charge in [-0.05, 0) is 36.1 Å². The highest BCUT2D eigenvalue weighted by Gasteiger charge is 2.30. The van der Waals surface area contributed by atoms with Crippen LogP contribution >= 0.6 is 0 Å². The summed E-state index contributed by atoms with van der Waals surface area (Å²) in [5.74, 6) is 0.615. The summed E-state index contributed by atoms with van der Waals surface area (Å²) in [6.45, 7) is 3.24. The molecule has 0 bridgehead atoms. The van der Waals surface area contributed by atoms with Gasteiger partial charge in [-0.1, -0.05) is 42.5 Å². The molecule has 1 aliphatic heterocycles. The lowest BCUT2D eigenvalue weighted by molar-refractivity contribution is -0.137. The first-order valence-corrected chi connectivity index (χ1v) is 9.83. The maximum Gasteiger partial charge on any atom is 0.416 e. The fraction of sp³-hybridized carbons (Fsp3) is 0.409. The lowest BCUT2D eigenvalue weighted by atomic mass is 10.0. The predicted octanol–water partition coefficient (Wildman–Crippen LogP) is 4.04. The molecule has 1 saturated heterocycles. The Bertz CT molecular complexity index is 797. The molecule has 3 rings (SSSR count). The molecule has 1 fully saturated rings. The van der Waals surface area contributed by atoms with Crippen molar-refractivity contribution in [3.8, 4) is 0 Å². The lowest BCUT2D eigenvalue weighted by Gasteiger charge is -2.33. The Morgan fingerprint density at radius 1 is 1.03 bits per heavy atom. The van der Waals surface area contributed by atoms with Crippen LogP contribution in [0.3, 0.4) is 0 Å².